The quantitative estimate of drug-likeness (QED) is 0.799. The summed E-state index contributed by atoms with van der Waals surface area (Å²) in [6, 6.07) is 8.11. The first-order valence-electron chi connectivity index (χ1n) is 7.89. The Morgan fingerprint density at radius 3 is 3.00 bits per heavy atom. The summed E-state index contributed by atoms with van der Waals surface area (Å²) in [7, 11) is 0. The van der Waals surface area contributed by atoms with Crippen LogP contribution in [0.3, 0.4) is 0 Å². The molecule has 0 bridgehead atoms. The Hall–Kier alpha value is -2.96. The third-order valence-electron chi connectivity index (χ3n) is 4.41. The van der Waals surface area contributed by atoms with Crippen molar-refractivity contribution in [3.05, 3.63) is 65.8 Å². The molecule has 0 radical (unpaired) electrons. The average molecular weight is 323 g/mol. The summed E-state index contributed by atoms with van der Waals surface area (Å²) in [6.07, 6.45) is 7.35. The second kappa shape index (κ2) is 5.92. The summed E-state index contributed by atoms with van der Waals surface area (Å²) >= 11 is 0. The smallest absolute Gasteiger partial charge is 0.293 e. The van der Waals surface area contributed by atoms with E-state index in [9.17, 15) is 4.79 Å². The van der Waals surface area contributed by atoms with Gasteiger partial charge in [-0.05, 0) is 24.0 Å². The lowest BCUT2D eigenvalue weighted by Gasteiger charge is -2.34. The first-order valence-corrected chi connectivity index (χ1v) is 7.89. The number of hydrogen-bond donors (Lipinski definition) is 1. The van der Waals surface area contributed by atoms with Gasteiger partial charge in [0.15, 0.2) is 0 Å². The van der Waals surface area contributed by atoms with E-state index in [0.29, 0.717) is 5.89 Å². The summed E-state index contributed by atoms with van der Waals surface area (Å²) < 4.78 is 6.95. The zero-order valence-electron chi connectivity index (χ0n) is 13.2. The van der Waals surface area contributed by atoms with Gasteiger partial charge in [0.2, 0.25) is 5.89 Å². The molecule has 0 fully saturated rings. The molecular weight excluding hydrogens is 306 g/mol. The molecule has 0 saturated heterocycles. The van der Waals surface area contributed by atoms with Gasteiger partial charge in [-0.3, -0.25) is 4.79 Å². The van der Waals surface area contributed by atoms with Crippen molar-refractivity contribution in [2.45, 2.75) is 31.8 Å². The molecule has 2 heterocycles. The van der Waals surface area contributed by atoms with Gasteiger partial charge < -0.3 is 14.4 Å². The molecule has 0 aliphatic heterocycles. The molecule has 2 atom stereocenters. The molecule has 7 nitrogen and oxygen atoms in total. The first-order chi connectivity index (χ1) is 11.7. The molecule has 1 N–H and O–H groups in total. The number of nitrogens with one attached hydrogen (secondary N) is 1. The van der Waals surface area contributed by atoms with Crippen LogP contribution in [-0.2, 0) is 6.42 Å². The normalized spacial score (nSPS) is 19.7. The Balaban J connectivity index is 1.68. The second-order valence-electron chi connectivity index (χ2n) is 5.90. The molecule has 2 aromatic heterocycles. The number of aryl methyl sites for hydroxylation is 2. The Bertz CT molecular complexity index is 856. The molecule has 4 rings (SSSR count). The highest BCUT2D eigenvalue weighted by Crippen LogP contribution is 2.37. The maximum atomic E-state index is 12.5. The molecule has 1 aliphatic carbocycles. The highest BCUT2D eigenvalue weighted by Gasteiger charge is 2.32. The number of carbonyl (C=O) groups excluding carboxylic acids is 1. The lowest BCUT2D eigenvalue weighted by molar-refractivity contribution is 0.0904. The van der Waals surface area contributed by atoms with Crippen molar-refractivity contribution >= 4 is 5.91 Å². The predicted molar refractivity (Wildman–Crippen MR) is 85.3 cm³/mol. The van der Waals surface area contributed by atoms with Crippen molar-refractivity contribution in [3.8, 4) is 0 Å². The van der Waals surface area contributed by atoms with Crippen LogP contribution in [0, 0.1) is 6.92 Å². The Morgan fingerprint density at radius 1 is 1.38 bits per heavy atom. The molecular formula is C17H17N5O2. The summed E-state index contributed by atoms with van der Waals surface area (Å²) in [5.74, 6) is 0.0916. The number of hydrogen-bond acceptors (Lipinski definition) is 5. The molecule has 1 aliphatic rings. The maximum Gasteiger partial charge on any atom is 0.293 e. The minimum absolute atomic E-state index is 0.0555. The van der Waals surface area contributed by atoms with Crippen molar-refractivity contribution in [3.63, 3.8) is 0 Å². The molecule has 122 valence electrons. The highest BCUT2D eigenvalue weighted by atomic mass is 16.5. The lowest BCUT2D eigenvalue weighted by Crippen LogP contribution is -2.37. The summed E-state index contributed by atoms with van der Waals surface area (Å²) in [5.41, 5.74) is 2.37. The van der Waals surface area contributed by atoms with E-state index < -0.39 is 0 Å². The van der Waals surface area contributed by atoms with Crippen LogP contribution >= 0.6 is 0 Å². The van der Waals surface area contributed by atoms with E-state index in [1.165, 1.54) is 5.56 Å². The Kier molecular flexibility index (Phi) is 3.60. The van der Waals surface area contributed by atoms with Crippen LogP contribution in [0.25, 0.3) is 0 Å². The zero-order valence-corrected chi connectivity index (χ0v) is 13.2. The van der Waals surface area contributed by atoms with Crippen molar-refractivity contribution < 1.29 is 9.32 Å². The summed E-state index contributed by atoms with van der Waals surface area (Å²) in [6.45, 7) is 1.66. The fourth-order valence-electron chi connectivity index (χ4n) is 3.30. The molecule has 1 aromatic carbocycles. The summed E-state index contributed by atoms with van der Waals surface area (Å²) in [4.78, 5) is 20.7. The highest BCUT2D eigenvalue weighted by molar-refractivity contribution is 5.90. The number of rotatable bonds is 3. The molecule has 0 unspecified atom stereocenters. The van der Waals surface area contributed by atoms with Gasteiger partial charge in [-0.15, -0.1) is 0 Å². The van der Waals surface area contributed by atoms with Crippen molar-refractivity contribution in [1.82, 2.24) is 25.0 Å². The van der Waals surface area contributed by atoms with Crippen molar-refractivity contribution in [2.75, 3.05) is 0 Å². The maximum absolute atomic E-state index is 12.5. The van der Waals surface area contributed by atoms with E-state index in [1.54, 1.807) is 19.4 Å². The minimum atomic E-state index is -0.335. The minimum Gasteiger partial charge on any atom is -0.340 e. The average Bonchev–Trinajstić information content (AvgIpc) is 3.27. The van der Waals surface area contributed by atoms with E-state index in [1.807, 2.05) is 22.9 Å². The van der Waals surface area contributed by atoms with E-state index in [0.717, 1.165) is 18.4 Å². The monoisotopic (exact) mass is 323 g/mol. The topological polar surface area (TPSA) is 85.8 Å². The fourth-order valence-corrected chi connectivity index (χ4v) is 3.30. The zero-order chi connectivity index (χ0) is 16.5. The van der Waals surface area contributed by atoms with E-state index in [-0.39, 0.29) is 23.8 Å². The number of carbonyl (C=O) groups is 1. The number of aromatic nitrogens is 4. The molecule has 0 saturated carbocycles. The molecule has 0 spiro atoms. The van der Waals surface area contributed by atoms with Crippen LogP contribution in [0.2, 0.25) is 0 Å². The van der Waals surface area contributed by atoms with Crippen molar-refractivity contribution in [2.24, 2.45) is 0 Å². The SMILES string of the molecule is Cc1nc(C(=O)N[C@@H]2c3ccccc3CC[C@H]2n2ccnc2)no1. The van der Waals surface area contributed by atoms with Gasteiger partial charge in [0, 0.05) is 19.3 Å². The van der Waals surface area contributed by atoms with Crippen LogP contribution in [0.5, 0.6) is 0 Å². The van der Waals surface area contributed by atoms with Gasteiger partial charge in [-0.25, -0.2) is 4.98 Å². The number of fused-ring (bicyclic) bond motifs is 1. The first kappa shape index (κ1) is 14.6. The van der Waals surface area contributed by atoms with Gasteiger partial charge in [-0.1, -0.05) is 29.4 Å². The van der Waals surface area contributed by atoms with Gasteiger partial charge in [0.25, 0.3) is 11.7 Å². The largest absolute Gasteiger partial charge is 0.340 e. The van der Waals surface area contributed by atoms with Gasteiger partial charge >= 0.3 is 0 Å². The second-order valence-corrected chi connectivity index (χ2v) is 5.90. The molecule has 24 heavy (non-hydrogen) atoms. The Labute approximate surface area is 138 Å². The van der Waals surface area contributed by atoms with Crippen LogP contribution in [0.1, 0.15) is 46.1 Å². The molecule has 7 heteroatoms. The van der Waals surface area contributed by atoms with Gasteiger partial charge in [0.05, 0.1) is 18.4 Å². The molecule has 1 amide bonds. The standard InChI is InChI=1S/C17H17N5O2/c1-11-19-16(21-24-11)17(23)20-15-13-5-3-2-4-12(13)6-7-14(15)22-9-8-18-10-22/h2-5,8-10,14-15H,6-7H2,1H3,(H,20,23)/t14-,15-/m1/s1. The van der Waals surface area contributed by atoms with Crippen LogP contribution in [0.15, 0.2) is 47.5 Å². The van der Waals surface area contributed by atoms with Crippen LogP contribution in [-0.4, -0.2) is 25.6 Å². The van der Waals surface area contributed by atoms with Gasteiger partial charge in [-0.2, -0.15) is 4.98 Å². The lowest BCUT2D eigenvalue weighted by atomic mass is 9.84. The fraction of sp³-hybridized carbons (Fsp3) is 0.294. The van der Waals surface area contributed by atoms with E-state index in [2.05, 4.69) is 32.6 Å². The molecule has 3 aromatic rings. The number of imidazole rings is 1. The third kappa shape index (κ3) is 2.58. The number of nitrogens with zero attached hydrogens (tertiary/aromatic N) is 4. The van der Waals surface area contributed by atoms with Crippen LogP contribution < -0.4 is 5.32 Å². The van der Waals surface area contributed by atoms with E-state index >= 15 is 0 Å². The predicted octanol–water partition coefficient (Wildman–Crippen LogP) is 2.23. The van der Waals surface area contributed by atoms with Gasteiger partial charge in [0.1, 0.15) is 0 Å². The number of benzene rings is 1. The summed E-state index contributed by atoms with van der Waals surface area (Å²) in [5, 5.41) is 6.78. The third-order valence-corrected chi connectivity index (χ3v) is 4.41. The van der Waals surface area contributed by atoms with Crippen LogP contribution in [0.4, 0.5) is 0 Å². The number of amides is 1. The van der Waals surface area contributed by atoms with E-state index in [4.69, 9.17) is 4.52 Å². The van der Waals surface area contributed by atoms with Crippen molar-refractivity contribution in [1.29, 1.82) is 0 Å². The Morgan fingerprint density at radius 2 is 2.25 bits per heavy atom.